The van der Waals surface area contributed by atoms with E-state index in [1.807, 2.05) is 41.3 Å². The van der Waals surface area contributed by atoms with E-state index >= 15 is 0 Å². The highest BCUT2D eigenvalue weighted by Gasteiger charge is 2.50. The lowest BCUT2D eigenvalue weighted by atomic mass is 9.95. The van der Waals surface area contributed by atoms with Gasteiger partial charge in [-0.15, -0.1) is 0 Å². The molecule has 2 unspecified atom stereocenters. The topological polar surface area (TPSA) is 77.3 Å². The van der Waals surface area contributed by atoms with E-state index in [2.05, 4.69) is 28.8 Å². The Labute approximate surface area is 182 Å². The van der Waals surface area contributed by atoms with Crippen molar-refractivity contribution in [3.63, 3.8) is 0 Å². The van der Waals surface area contributed by atoms with Crippen LogP contribution in [0.3, 0.4) is 0 Å². The van der Waals surface area contributed by atoms with Crippen molar-refractivity contribution < 1.29 is 13.2 Å². The molecular weight excluding hydrogens is 412 g/mol. The Bertz CT molecular complexity index is 1240. The van der Waals surface area contributed by atoms with E-state index in [0.29, 0.717) is 29.9 Å². The van der Waals surface area contributed by atoms with Crippen LogP contribution in [0.25, 0.3) is 11.1 Å². The lowest BCUT2D eigenvalue weighted by molar-refractivity contribution is 0.325. The summed E-state index contributed by atoms with van der Waals surface area (Å²) >= 11 is 0. The predicted molar refractivity (Wildman–Crippen MR) is 118 cm³/mol. The molecule has 0 amide bonds. The van der Waals surface area contributed by atoms with Crippen LogP contribution in [-0.2, 0) is 16.4 Å². The average molecular weight is 439 g/mol. The molecule has 0 spiro atoms. The van der Waals surface area contributed by atoms with Gasteiger partial charge in [-0.25, -0.2) is 13.4 Å². The predicted octanol–water partition coefficient (Wildman–Crippen LogP) is 3.29. The van der Waals surface area contributed by atoms with Crippen LogP contribution in [0, 0.1) is 0 Å². The SMILES string of the molecule is COc1ncccc1-c1ccc2c(c1)C1CN(Cc3cnn(C(C)C)c3)CC1S2(=O)=O. The van der Waals surface area contributed by atoms with Gasteiger partial charge in [0.2, 0.25) is 5.88 Å². The van der Waals surface area contributed by atoms with E-state index in [1.165, 1.54) is 0 Å². The van der Waals surface area contributed by atoms with Crippen molar-refractivity contribution in [3.8, 4) is 17.0 Å². The zero-order valence-electron chi connectivity index (χ0n) is 17.9. The number of fused-ring (bicyclic) bond motifs is 3. The minimum absolute atomic E-state index is 0.0252. The lowest BCUT2D eigenvalue weighted by Gasteiger charge is -2.17. The molecule has 0 aliphatic carbocycles. The number of ether oxygens (including phenoxy) is 1. The highest BCUT2D eigenvalue weighted by atomic mass is 32.2. The van der Waals surface area contributed by atoms with Gasteiger partial charge in [0.05, 0.1) is 23.5 Å². The second-order valence-corrected chi connectivity index (χ2v) is 10.8. The fourth-order valence-corrected chi connectivity index (χ4v) is 6.99. The van der Waals surface area contributed by atoms with E-state index < -0.39 is 15.1 Å². The zero-order chi connectivity index (χ0) is 21.8. The number of pyridine rings is 1. The molecule has 5 rings (SSSR count). The van der Waals surface area contributed by atoms with Gasteiger partial charge in [0.1, 0.15) is 0 Å². The minimum Gasteiger partial charge on any atom is -0.481 e. The summed E-state index contributed by atoms with van der Waals surface area (Å²) in [5, 5.41) is 4.02. The maximum Gasteiger partial charge on any atom is 0.221 e. The van der Waals surface area contributed by atoms with Crippen LogP contribution in [-0.4, -0.2) is 53.5 Å². The molecule has 162 valence electrons. The van der Waals surface area contributed by atoms with Crippen LogP contribution < -0.4 is 4.74 Å². The van der Waals surface area contributed by atoms with Gasteiger partial charge in [-0.3, -0.25) is 9.58 Å². The quantitative estimate of drug-likeness (QED) is 0.608. The van der Waals surface area contributed by atoms with Crippen LogP contribution in [0.2, 0.25) is 0 Å². The molecule has 8 heteroatoms. The highest BCUT2D eigenvalue weighted by Crippen LogP contribution is 2.46. The Hall–Kier alpha value is -2.71. The van der Waals surface area contributed by atoms with Crippen LogP contribution >= 0.6 is 0 Å². The molecule has 0 N–H and O–H groups in total. The molecule has 7 nitrogen and oxygen atoms in total. The van der Waals surface area contributed by atoms with Crippen molar-refractivity contribution in [2.45, 2.75) is 42.5 Å². The summed E-state index contributed by atoms with van der Waals surface area (Å²) in [5.74, 6) is 0.512. The normalized spacial score (nSPS) is 21.9. The summed E-state index contributed by atoms with van der Waals surface area (Å²) in [6.07, 6.45) is 5.61. The van der Waals surface area contributed by atoms with Crippen molar-refractivity contribution in [3.05, 3.63) is 60.0 Å². The fraction of sp³-hybridized carbons (Fsp3) is 0.391. The molecule has 2 aromatic heterocycles. The molecule has 2 aliphatic rings. The van der Waals surface area contributed by atoms with Gasteiger partial charge < -0.3 is 4.74 Å². The second kappa shape index (κ2) is 7.46. The molecule has 2 aliphatic heterocycles. The van der Waals surface area contributed by atoms with Crippen LogP contribution in [0.15, 0.2) is 53.8 Å². The van der Waals surface area contributed by atoms with Gasteiger partial charge in [-0.1, -0.05) is 6.07 Å². The maximum atomic E-state index is 13.2. The van der Waals surface area contributed by atoms with Gasteiger partial charge in [-0.05, 0) is 49.2 Å². The molecule has 31 heavy (non-hydrogen) atoms. The van der Waals surface area contributed by atoms with Gasteiger partial charge in [0, 0.05) is 55.1 Å². The van der Waals surface area contributed by atoms with Gasteiger partial charge in [0.25, 0.3) is 0 Å². The highest BCUT2D eigenvalue weighted by molar-refractivity contribution is 7.92. The summed E-state index contributed by atoms with van der Waals surface area (Å²) in [7, 11) is -1.75. The van der Waals surface area contributed by atoms with Crippen molar-refractivity contribution in [2.24, 2.45) is 0 Å². The second-order valence-electron chi connectivity index (χ2n) is 8.62. The average Bonchev–Trinajstić information content (AvgIpc) is 3.45. The van der Waals surface area contributed by atoms with Crippen LogP contribution in [0.5, 0.6) is 5.88 Å². The van der Waals surface area contributed by atoms with Gasteiger partial charge in [-0.2, -0.15) is 5.10 Å². The van der Waals surface area contributed by atoms with E-state index in [9.17, 15) is 8.42 Å². The maximum absolute atomic E-state index is 13.2. The number of benzene rings is 1. The van der Waals surface area contributed by atoms with Crippen molar-refractivity contribution in [1.82, 2.24) is 19.7 Å². The molecular formula is C23H26N4O3S. The fourth-order valence-electron chi connectivity index (χ4n) is 4.79. The van der Waals surface area contributed by atoms with Crippen molar-refractivity contribution in [2.75, 3.05) is 20.2 Å². The number of likely N-dealkylation sites (tertiary alicyclic amines) is 1. The number of rotatable bonds is 5. The third-order valence-electron chi connectivity index (χ3n) is 6.32. The Balaban J connectivity index is 1.45. The molecule has 0 bridgehead atoms. The third kappa shape index (κ3) is 3.34. The van der Waals surface area contributed by atoms with E-state index in [0.717, 1.165) is 28.8 Å². The van der Waals surface area contributed by atoms with Crippen LogP contribution in [0.1, 0.15) is 36.9 Å². The first-order valence-corrected chi connectivity index (χ1v) is 12.1. The summed E-state index contributed by atoms with van der Waals surface area (Å²) in [6, 6.07) is 9.73. The molecule has 1 saturated heterocycles. The standard InChI is InChI=1S/C23H26N4O3S/c1-15(2)27-12-16(10-25-27)11-26-13-20-19-9-17(18-5-4-8-24-23(18)30-3)6-7-21(19)31(28,29)22(20)14-26/h4-10,12,15,20,22H,11,13-14H2,1-3H3. The van der Waals surface area contributed by atoms with E-state index in [4.69, 9.17) is 4.74 Å². The van der Waals surface area contributed by atoms with Crippen LogP contribution in [0.4, 0.5) is 0 Å². The number of sulfone groups is 1. The minimum atomic E-state index is -3.34. The van der Waals surface area contributed by atoms with E-state index in [-0.39, 0.29) is 5.92 Å². The third-order valence-corrected chi connectivity index (χ3v) is 8.58. The van der Waals surface area contributed by atoms with Gasteiger partial charge in [0.15, 0.2) is 9.84 Å². The Kier molecular flexibility index (Phi) is 4.86. The molecule has 1 aromatic carbocycles. The summed E-state index contributed by atoms with van der Waals surface area (Å²) < 4.78 is 33.8. The first-order chi connectivity index (χ1) is 14.9. The van der Waals surface area contributed by atoms with Gasteiger partial charge >= 0.3 is 0 Å². The molecule has 1 fully saturated rings. The Morgan fingerprint density at radius 2 is 2.06 bits per heavy atom. The first-order valence-electron chi connectivity index (χ1n) is 10.5. The summed E-state index contributed by atoms with van der Waals surface area (Å²) in [6.45, 7) is 6.16. The molecule has 2 atom stereocenters. The molecule has 3 aromatic rings. The Morgan fingerprint density at radius 1 is 1.23 bits per heavy atom. The number of aromatic nitrogens is 3. The number of methoxy groups -OCH3 is 1. The smallest absolute Gasteiger partial charge is 0.221 e. The largest absolute Gasteiger partial charge is 0.481 e. The molecule has 0 saturated carbocycles. The summed E-state index contributed by atoms with van der Waals surface area (Å²) in [4.78, 5) is 6.98. The molecule has 0 radical (unpaired) electrons. The Morgan fingerprint density at radius 3 is 2.81 bits per heavy atom. The first kappa shape index (κ1) is 20.2. The molecule has 4 heterocycles. The monoisotopic (exact) mass is 438 g/mol. The number of hydrogen-bond acceptors (Lipinski definition) is 6. The van der Waals surface area contributed by atoms with Crippen molar-refractivity contribution in [1.29, 1.82) is 0 Å². The zero-order valence-corrected chi connectivity index (χ0v) is 18.7. The summed E-state index contributed by atoms with van der Waals surface area (Å²) in [5.41, 5.74) is 3.81. The van der Waals surface area contributed by atoms with Crippen molar-refractivity contribution >= 4 is 9.84 Å². The lowest BCUT2D eigenvalue weighted by Crippen LogP contribution is -2.25. The van der Waals surface area contributed by atoms with E-state index in [1.54, 1.807) is 19.4 Å². The number of hydrogen-bond donors (Lipinski definition) is 0. The number of nitrogens with zero attached hydrogens (tertiary/aromatic N) is 4.